The lowest BCUT2D eigenvalue weighted by Crippen LogP contribution is -2.18. The summed E-state index contributed by atoms with van der Waals surface area (Å²) in [5, 5.41) is 10.5. The van der Waals surface area contributed by atoms with E-state index in [1.165, 1.54) is 0 Å². The molecular weight excluding hydrogens is 298 g/mol. The third kappa shape index (κ3) is 1.74. The van der Waals surface area contributed by atoms with Crippen LogP contribution in [-0.2, 0) is 0 Å². The first-order valence-electron chi connectivity index (χ1n) is 7.98. The number of nitrogens with one attached hydrogen (secondary N) is 1. The summed E-state index contributed by atoms with van der Waals surface area (Å²) >= 11 is 0. The van der Waals surface area contributed by atoms with Gasteiger partial charge in [0.15, 0.2) is 11.5 Å². The first kappa shape index (κ1) is 13.3. The van der Waals surface area contributed by atoms with Crippen LogP contribution in [0.2, 0.25) is 0 Å². The smallest absolute Gasteiger partial charge is 0.155 e. The van der Waals surface area contributed by atoms with Gasteiger partial charge in [0.25, 0.3) is 0 Å². The molecule has 24 heavy (non-hydrogen) atoms. The second-order valence-electron chi connectivity index (χ2n) is 6.18. The average molecular weight is 313 g/mol. The van der Waals surface area contributed by atoms with Crippen molar-refractivity contribution in [2.75, 3.05) is 0 Å². The quantitative estimate of drug-likeness (QED) is 0.491. The van der Waals surface area contributed by atoms with Gasteiger partial charge in [0, 0.05) is 34.5 Å². The van der Waals surface area contributed by atoms with E-state index >= 15 is 0 Å². The van der Waals surface area contributed by atoms with Crippen LogP contribution < -0.4 is 11.1 Å². The molecule has 0 aromatic heterocycles. The molecular formula is C20H15N3O. The van der Waals surface area contributed by atoms with Gasteiger partial charge in [-0.2, -0.15) is 0 Å². The van der Waals surface area contributed by atoms with E-state index in [0.29, 0.717) is 16.9 Å². The number of allylic oxidation sites excluding steroid dienone is 4. The largest absolute Gasteiger partial charge is 0.453 e. The molecule has 4 aliphatic rings. The van der Waals surface area contributed by atoms with Gasteiger partial charge in [0.1, 0.15) is 5.69 Å². The van der Waals surface area contributed by atoms with Crippen molar-refractivity contribution in [1.82, 2.24) is 4.98 Å². The van der Waals surface area contributed by atoms with Crippen molar-refractivity contribution in [2.45, 2.75) is 12.3 Å². The van der Waals surface area contributed by atoms with Gasteiger partial charge >= 0.3 is 0 Å². The maximum Gasteiger partial charge on any atom is 0.155 e. The molecule has 1 aliphatic heterocycles. The van der Waals surface area contributed by atoms with Crippen molar-refractivity contribution >= 4 is 16.8 Å². The number of fused-ring (bicyclic) bond motifs is 6. The molecule has 1 aromatic carbocycles. The van der Waals surface area contributed by atoms with Gasteiger partial charge < -0.3 is 15.6 Å². The third-order valence-corrected chi connectivity index (χ3v) is 4.74. The fourth-order valence-electron chi connectivity index (χ4n) is 3.60. The molecule has 3 N–H and O–H groups in total. The van der Waals surface area contributed by atoms with Crippen LogP contribution in [0.4, 0.5) is 0 Å². The molecule has 3 aliphatic carbocycles. The SMILES string of the molecule is N=c1cc2oc3c(nc-2c2ccccc12)C1C=CCC=C1C(N)=C3. The molecule has 0 bridgehead atoms. The van der Waals surface area contributed by atoms with Crippen LogP contribution in [0.15, 0.2) is 64.2 Å². The van der Waals surface area contributed by atoms with Crippen molar-refractivity contribution in [2.24, 2.45) is 5.73 Å². The topological polar surface area (TPSA) is 75.9 Å². The molecule has 0 spiro atoms. The Morgan fingerprint density at radius 2 is 2.04 bits per heavy atom. The Kier molecular flexibility index (Phi) is 2.59. The van der Waals surface area contributed by atoms with Crippen molar-refractivity contribution in [3.8, 4) is 11.5 Å². The van der Waals surface area contributed by atoms with Gasteiger partial charge in [-0.25, -0.2) is 4.98 Å². The molecule has 0 amide bonds. The Bertz CT molecular complexity index is 1120. The number of nitrogens with zero attached hydrogens (tertiary/aromatic N) is 1. The maximum absolute atomic E-state index is 8.22. The highest BCUT2D eigenvalue weighted by molar-refractivity contribution is 5.94. The zero-order valence-corrected chi connectivity index (χ0v) is 12.9. The zero-order chi connectivity index (χ0) is 16.3. The molecule has 1 atom stereocenters. The summed E-state index contributed by atoms with van der Waals surface area (Å²) in [5.74, 6) is 1.35. The summed E-state index contributed by atoms with van der Waals surface area (Å²) in [4.78, 5) is 4.93. The highest BCUT2D eigenvalue weighted by Gasteiger charge is 2.29. The lowest BCUT2D eigenvalue weighted by Gasteiger charge is -2.26. The Hall–Kier alpha value is -3.14. The summed E-state index contributed by atoms with van der Waals surface area (Å²) in [6.45, 7) is 0. The predicted molar refractivity (Wildman–Crippen MR) is 93.2 cm³/mol. The fraction of sp³-hybridized carbons (Fsp3) is 0.100. The van der Waals surface area contributed by atoms with Crippen LogP contribution in [0.25, 0.3) is 28.3 Å². The van der Waals surface area contributed by atoms with E-state index < -0.39 is 0 Å². The molecule has 4 nitrogen and oxygen atoms in total. The van der Waals surface area contributed by atoms with Gasteiger partial charge in [0.2, 0.25) is 0 Å². The summed E-state index contributed by atoms with van der Waals surface area (Å²) in [5.41, 5.74) is 9.73. The molecule has 116 valence electrons. The number of hydrogen-bond donors (Lipinski definition) is 2. The van der Waals surface area contributed by atoms with E-state index in [9.17, 15) is 0 Å². The van der Waals surface area contributed by atoms with E-state index in [4.69, 9.17) is 20.5 Å². The number of aromatic nitrogens is 1. The highest BCUT2D eigenvalue weighted by atomic mass is 16.3. The van der Waals surface area contributed by atoms with Crippen LogP contribution in [0.3, 0.4) is 0 Å². The molecule has 1 unspecified atom stereocenters. The lowest BCUT2D eigenvalue weighted by atomic mass is 9.83. The molecule has 0 radical (unpaired) electrons. The lowest BCUT2D eigenvalue weighted by molar-refractivity contribution is 0.529. The van der Waals surface area contributed by atoms with Crippen LogP contribution in [0.5, 0.6) is 0 Å². The second-order valence-corrected chi connectivity index (χ2v) is 6.18. The molecule has 5 rings (SSSR count). The van der Waals surface area contributed by atoms with Gasteiger partial charge in [-0.15, -0.1) is 0 Å². The van der Waals surface area contributed by atoms with E-state index in [2.05, 4.69) is 18.2 Å². The number of hydrogen-bond acceptors (Lipinski definition) is 4. The minimum atomic E-state index is 0.0429. The Labute approximate surface area is 138 Å². The van der Waals surface area contributed by atoms with Gasteiger partial charge in [-0.1, -0.05) is 42.5 Å². The number of benzene rings is 2. The van der Waals surface area contributed by atoms with Crippen LogP contribution in [0, 0.1) is 5.41 Å². The van der Waals surface area contributed by atoms with Crippen molar-refractivity contribution in [3.63, 3.8) is 0 Å². The van der Waals surface area contributed by atoms with E-state index in [1.807, 2.05) is 30.3 Å². The molecule has 1 aromatic rings. The zero-order valence-electron chi connectivity index (χ0n) is 12.9. The molecule has 0 saturated carbocycles. The number of nitrogens with two attached hydrogens (primary N) is 1. The standard InChI is InChI=1S/C20H15N3O/c21-15-9-17-19(13-7-3-1-5-11(13)15)23-20-14-8-4-2-6-12(14)16(22)10-18(20)24-17/h1,3-10,14,21H,2,22H2. The fourth-order valence-corrected chi connectivity index (χ4v) is 3.60. The second kappa shape index (κ2) is 4.68. The Morgan fingerprint density at radius 1 is 1.21 bits per heavy atom. The molecule has 4 heteroatoms. The minimum absolute atomic E-state index is 0.0429. The first-order valence-corrected chi connectivity index (χ1v) is 7.98. The maximum atomic E-state index is 8.22. The van der Waals surface area contributed by atoms with Gasteiger partial charge in [-0.05, 0) is 12.0 Å². The third-order valence-electron chi connectivity index (χ3n) is 4.74. The first-order chi connectivity index (χ1) is 11.7. The van der Waals surface area contributed by atoms with Crippen molar-refractivity contribution in [3.05, 3.63) is 76.6 Å². The summed E-state index contributed by atoms with van der Waals surface area (Å²) in [6, 6.07) is 9.58. The van der Waals surface area contributed by atoms with Gasteiger partial charge in [0.05, 0.1) is 11.1 Å². The van der Waals surface area contributed by atoms with Crippen molar-refractivity contribution in [1.29, 1.82) is 5.41 Å². The molecule has 0 saturated heterocycles. The minimum Gasteiger partial charge on any atom is -0.453 e. The summed E-state index contributed by atoms with van der Waals surface area (Å²) < 4.78 is 6.09. The normalized spacial score (nSPS) is 18.9. The highest BCUT2D eigenvalue weighted by Crippen LogP contribution is 2.41. The Balaban J connectivity index is 1.90. The predicted octanol–water partition coefficient (Wildman–Crippen LogP) is 3.70. The van der Waals surface area contributed by atoms with Crippen molar-refractivity contribution < 1.29 is 4.42 Å². The molecule has 1 heterocycles. The summed E-state index contributed by atoms with van der Waals surface area (Å²) in [7, 11) is 0. The van der Waals surface area contributed by atoms with Crippen LogP contribution in [0.1, 0.15) is 23.8 Å². The Morgan fingerprint density at radius 3 is 2.92 bits per heavy atom. The average Bonchev–Trinajstić information content (AvgIpc) is 2.61. The van der Waals surface area contributed by atoms with E-state index in [-0.39, 0.29) is 5.92 Å². The van der Waals surface area contributed by atoms with Crippen LogP contribution >= 0.6 is 0 Å². The van der Waals surface area contributed by atoms with Crippen LogP contribution in [-0.4, -0.2) is 4.98 Å². The summed E-state index contributed by atoms with van der Waals surface area (Å²) in [6.07, 6.45) is 9.17. The van der Waals surface area contributed by atoms with E-state index in [0.717, 1.165) is 39.9 Å². The van der Waals surface area contributed by atoms with Gasteiger partial charge in [-0.3, -0.25) is 0 Å². The molecule has 0 fully saturated rings. The van der Waals surface area contributed by atoms with E-state index in [1.54, 1.807) is 6.07 Å². The monoisotopic (exact) mass is 313 g/mol. The number of rotatable bonds is 0.